The topological polar surface area (TPSA) is 49.4 Å². The summed E-state index contributed by atoms with van der Waals surface area (Å²) in [6, 6.07) is 8.21. The van der Waals surface area contributed by atoms with Gasteiger partial charge in [-0.3, -0.25) is 9.59 Å². The molecule has 1 fully saturated rings. The summed E-state index contributed by atoms with van der Waals surface area (Å²) >= 11 is 0. The second-order valence-corrected chi connectivity index (χ2v) is 5.08. The van der Waals surface area contributed by atoms with Crippen molar-refractivity contribution in [1.29, 1.82) is 0 Å². The van der Waals surface area contributed by atoms with Crippen LogP contribution in [0, 0.1) is 6.92 Å². The number of benzene rings is 1. The maximum Gasteiger partial charge on any atom is 0.223 e. The first-order chi connectivity index (χ1) is 9.10. The lowest BCUT2D eigenvalue weighted by Gasteiger charge is -2.24. The highest BCUT2D eigenvalue weighted by Crippen LogP contribution is 2.23. The van der Waals surface area contributed by atoms with E-state index in [4.69, 9.17) is 0 Å². The zero-order valence-electron chi connectivity index (χ0n) is 11.5. The maximum absolute atomic E-state index is 11.9. The van der Waals surface area contributed by atoms with Gasteiger partial charge in [-0.25, -0.2) is 0 Å². The van der Waals surface area contributed by atoms with Crippen molar-refractivity contribution < 1.29 is 9.59 Å². The number of nitrogens with one attached hydrogen (secondary N) is 1. The van der Waals surface area contributed by atoms with Crippen LogP contribution >= 0.6 is 0 Å². The summed E-state index contributed by atoms with van der Waals surface area (Å²) in [6.07, 6.45) is 1.72. The molecule has 0 radical (unpaired) electrons. The van der Waals surface area contributed by atoms with E-state index in [1.54, 1.807) is 7.05 Å². The first kappa shape index (κ1) is 13.6. The van der Waals surface area contributed by atoms with Crippen molar-refractivity contribution in [1.82, 2.24) is 10.2 Å². The molecule has 2 amide bonds. The molecule has 0 saturated carbocycles. The van der Waals surface area contributed by atoms with Crippen LogP contribution in [0.5, 0.6) is 0 Å². The normalized spacial score (nSPS) is 18.7. The number of rotatable bonds is 4. The van der Waals surface area contributed by atoms with Crippen LogP contribution in [-0.4, -0.2) is 29.8 Å². The monoisotopic (exact) mass is 260 g/mol. The van der Waals surface area contributed by atoms with Crippen LogP contribution in [-0.2, 0) is 16.1 Å². The van der Waals surface area contributed by atoms with Crippen LogP contribution < -0.4 is 5.32 Å². The van der Waals surface area contributed by atoms with Gasteiger partial charge >= 0.3 is 0 Å². The first-order valence-corrected chi connectivity index (χ1v) is 6.65. The number of hydrogen-bond acceptors (Lipinski definition) is 2. The molecular formula is C15H20N2O2. The number of carbonyl (C=O) groups excluding carboxylic acids is 2. The minimum atomic E-state index is -0.00592. The van der Waals surface area contributed by atoms with Gasteiger partial charge in [-0.1, -0.05) is 29.8 Å². The molecule has 0 bridgehead atoms. The fraction of sp³-hybridized carbons (Fsp3) is 0.467. The molecular weight excluding hydrogens is 240 g/mol. The van der Waals surface area contributed by atoms with E-state index in [0.717, 1.165) is 12.0 Å². The van der Waals surface area contributed by atoms with Gasteiger partial charge < -0.3 is 10.2 Å². The summed E-state index contributed by atoms with van der Waals surface area (Å²) in [5, 5.41) is 2.62. The zero-order valence-corrected chi connectivity index (χ0v) is 11.5. The molecule has 2 rings (SSSR count). The molecule has 1 aliphatic rings. The summed E-state index contributed by atoms with van der Waals surface area (Å²) in [7, 11) is 1.63. The van der Waals surface area contributed by atoms with E-state index in [-0.39, 0.29) is 17.9 Å². The Kier molecular flexibility index (Phi) is 4.20. The van der Waals surface area contributed by atoms with Gasteiger partial charge in [0.15, 0.2) is 0 Å². The number of aryl methyl sites for hydroxylation is 1. The molecule has 0 aliphatic carbocycles. The third kappa shape index (κ3) is 3.34. The second kappa shape index (κ2) is 5.87. The van der Waals surface area contributed by atoms with Crippen LogP contribution in [0.1, 0.15) is 30.4 Å². The maximum atomic E-state index is 11.9. The van der Waals surface area contributed by atoms with Gasteiger partial charge in [0.2, 0.25) is 11.8 Å². The van der Waals surface area contributed by atoms with E-state index in [2.05, 4.69) is 5.32 Å². The molecule has 1 unspecified atom stereocenters. The molecule has 4 heteroatoms. The van der Waals surface area contributed by atoms with Crippen LogP contribution in [0.4, 0.5) is 0 Å². The van der Waals surface area contributed by atoms with Crippen molar-refractivity contribution in [2.75, 3.05) is 7.05 Å². The molecule has 0 spiro atoms. The fourth-order valence-electron chi connectivity index (χ4n) is 2.43. The van der Waals surface area contributed by atoms with Gasteiger partial charge in [0, 0.05) is 32.5 Å². The smallest absolute Gasteiger partial charge is 0.223 e. The van der Waals surface area contributed by atoms with Gasteiger partial charge in [-0.15, -0.1) is 0 Å². The molecule has 102 valence electrons. The minimum absolute atomic E-state index is 0.00592. The molecule has 1 N–H and O–H groups in total. The molecule has 1 aromatic carbocycles. The van der Waals surface area contributed by atoms with E-state index < -0.39 is 0 Å². The van der Waals surface area contributed by atoms with Crippen molar-refractivity contribution in [3.05, 3.63) is 35.4 Å². The lowest BCUT2D eigenvalue weighted by Crippen LogP contribution is -2.36. The Morgan fingerprint density at radius 2 is 2.05 bits per heavy atom. The molecule has 1 atom stereocenters. The highest BCUT2D eigenvalue weighted by Gasteiger charge is 2.31. The number of likely N-dealkylation sites (tertiary alicyclic amines) is 1. The summed E-state index contributed by atoms with van der Waals surface area (Å²) < 4.78 is 0. The van der Waals surface area contributed by atoms with Gasteiger partial charge in [-0.05, 0) is 18.9 Å². The van der Waals surface area contributed by atoms with Gasteiger partial charge in [-0.2, -0.15) is 0 Å². The van der Waals surface area contributed by atoms with Gasteiger partial charge in [0.1, 0.15) is 0 Å². The Labute approximate surface area is 113 Å². The lowest BCUT2D eigenvalue weighted by atomic mass is 10.1. The molecule has 1 saturated heterocycles. The molecule has 1 heterocycles. The Balaban J connectivity index is 2.05. The average molecular weight is 260 g/mol. The SMILES string of the molecule is CNC(=O)CC1CCC(=O)N1Cc1ccc(C)cc1. The van der Waals surface area contributed by atoms with Crippen LogP contribution in [0.25, 0.3) is 0 Å². The van der Waals surface area contributed by atoms with E-state index in [0.29, 0.717) is 19.4 Å². The largest absolute Gasteiger partial charge is 0.359 e. The summed E-state index contributed by atoms with van der Waals surface area (Å²) in [5.74, 6) is 0.142. The fourth-order valence-corrected chi connectivity index (χ4v) is 2.43. The van der Waals surface area contributed by atoms with Crippen LogP contribution in [0.2, 0.25) is 0 Å². The predicted molar refractivity (Wildman–Crippen MR) is 73.4 cm³/mol. The van der Waals surface area contributed by atoms with E-state index in [9.17, 15) is 9.59 Å². The molecule has 4 nitrogen and oxygen atoms in total. The molecule has 1 aliphatic heterocycles. The van der Waals surface area contributed by atoms with Gasteiger partial charge in [0.05, 0.1) is 0 Å². The van der Waals surface area contributed by atoms with E-state index >= 15 is 0 Å². The van der Waals surface area contributed by atoms with E-state index in [1.165, 1.54) is 5.56 Å². The standard InChI is InChI=1S/C15H20N2O2/c1-11-3-5-12(6-4-11)10-17-13(7-8-15(17)19)9-14(18)16-2/h3-6,13H,7-10H2,1-2H3,(H,16,18). The molecule has 0 aromatic heterocycles. The second-order valence-electron chi connectivity index (χ2n) is 5.08. The first-order valence-electron chi connectivity index (χ1n) is 6.65. The van der Waals surface area contributed by atoms with Crippen molar-refractivity contribution in [3.63, 3.8) is 0 Å². The van der Waals surface area contributed by atoms with Crippen LogP contribution in [0.15, 0.2) is 24.3 Å². The Hall–Kier alpha value is -1.84. The third-order valence-corrected chi connectivity index (χ3v) is 3.63. The van der Waals surface area contributed by atoms with Crippen molar-refractivity contribution in [2.45, 2.75) is 38.8 Å². The van der Waals surface area contributed by atoms with Crippen molar-refractivity contribution >= 4 is 11.8 Å². The average Bonchev–Trinajstić information content (AvgIpc) is 2.74. The number of carbonyl (C=O) groups is 2. The quantitative estimate of drug-likeness (QED) is 0.894. The predicted octanol–water partition coefficient (Wildman–Crippen LogP) is 1.62. The number of nitrogens with zero attached hydrogens (tertiary/aromatic N) is 1. The van der Waals surface area contributed by atoms with Gasteiger partial charge in [0.25, 0.3) is 0 Å². The highest BCUT2D eigenvalue weighted by molar-refractivity contribution is 5.81. The number of hydrogen-bond donors (Lipinski definition) is 1. The Morgan fingerprint density at radius 1 is 1.37 bits per heavy atom. The Bertz CT molecular complexity index is 468. The zero-order chi connectivity index (χ0) is 13.8. The number of amides is 2. The van der Waals surface area contributed by atoms with Crippen molar-refractivity contribution in [3.8, 4) is 0 Å². The summed E-state index contributed by atoms with van der Waals surface area (Å²) in [5.41, 5.74) is 2.32. The third-order valence-electron chi connectivity index (χ3n) is 3.63. The lowest BCUT2D eigenvalue weighted by molar-refractivity contribution is -0.130. The minimum Gasteiger partial charge on any atom is -0.359 e. The van der Waals surface area contributed by atoms with Crippen LogP contribution in [0.3, 0.4) is 0 Å². The summed E-state index contributed by atoms with van der Waals surface area (Å²) in [6.45, 7) is 2.64. The van der Waals surface area contributed by atoms with E-state index in [1.807, 2.05) is 36.1 Å². The summed E-state index contributed by atoms with van der Waals surface area (Å²) in [4.78, 5) is 25.2. The van der Waals surface area contributed by atoms with Crippen molar-refractivity contribution in [2.24, 2.45) is 0 Å². The molecule has 1 aromatic rings. The Morgan fingerprint density at radius 3 is 2.68 bits per heavy atom. The highest BCUT2D eigenvalue weighted by atomic mass is 16.2. The molecule has 19 heavy (non-hydrogen) atoms.